The molecule has 0 unspecified atom stereocenters. The number of hydrogen-bond acceptors (Lipinski definition) is 6. The molecule has 6 nitrogen and oxygen atoms in total. The van der Waals surface area contributed by atoms with E-state index in [2.05, 4.69) is 14.7 Å². The molecule has 19 heavy (non-hydrogen) atoms. The van der Waals surface area contributed by atoms with Gasteiger partial charge in [0.15, 0.2) is 0 Å². The average Bonchev–Trinajstić information content (AvgIpc) is 2.75. The van der Waals surface area contributed by atoms with Crippen molar-refractivity contribution in [2.45, 2.75) is 18.2 Å². The summed E-state index contributed by atoms with van der Waals surface area (Å²) in [5.74, 6) is 0. The largest absolute Gasteiger partial charge is 0.398 e. The number of rotatable bonds is 5. The highest BCUT2D eigenvalue weighted by atomic mass is 32.2. The van der Waals surface area contributed by atoms with E-state index in [0.717, 1.165) is 10.7 Å². The summed E-state index contributed by atoms with van der Waals surface area (Å²) in [6, 6.07) is 1.46. The van der Waals surface area contributed by atoms with Gasteiger partial charge in [-0.05, 0) is 13.0 Å². The SMILES string of the molecule is Cc1nc(CCNS(=O)(=O)c2cnccc2N)cs1. The number of nitrogen functional groups attached to an aromatic ring is 1. The molecule has 0 fully saturated rings. The Morgan fingerprint density at radius 1 is 1.47 bits per heavy atom. The number of nitrogens with one attached hydrogen (secondary N) is 1. The van der Waals surface area contributed by atoms with Crippen LogP contribution in [0.3, 0.4) is 0 Å². The number of aromatic nitrogens is 2. The van der Waals surface area contributed by atoms with Crippen molar-refractivity contribution in [3.05, 3.63) is 34.5 Å². The zero-order valence-electron chi connectivity index (χ0n) is 10.3. The number of anilines is 1. The molecule has 2 aromatic heterocycles. The van der Waals surface area contributed by atoms with E-state index in [1.165, 1.54) is 18.5 Å². The van der Waals surface area contributed by atoms with Gasteiger partial charge in [-0.3, -0.25) is 4.98 Å². The Morgan fingerprint density at radius 2 is 2.26 bits per heavy atom. The molecule has 0 aliphatic heterocycles. The normalized spacial score (nSPS) is 11.6. The fourth-order valence-corrected chi connectivity index (χ4v) is 3.28. The molecule has 0 atom stereocenters. The third kappa shape index (κ3) is 3.49. The molecular weight excluding hydrogens is 284 g/mol. The third-order valence-electron chi connectivity index (χ3n) is 2.45. The fourth-order valence-electron chi connectivity index (χ4n) is 1.53. The van der Waals surface area contributed by atoms with Crippen LogP contribution in [0.5, 0.6) is 0 Å². The summed E-state index contributed by atoms with van der Waals surface area (Å²) < 4.78 is 26.5. The van der Waals surface area contributed by atoms with Crippen LogP contribution in [0.2, 0.25) is 0 Å². The molecular formula is C11H14N4O2S2. The highest BCUT2D eigenvalue weighted by Gasteiger charge is 2.16. The number of nitrogens with two attached hydrogens (primary N) is 1. The maximum Gasteiger partial charge on any atom is 0.244 e. The summed E-state index contributed by atoms with van der Waals surface area (Å²) in [4.78, 5) is 8.04. The van der Waals surface area contributed by atoms with Gasteiger partial charge in [0, 0.05) is 30.7 Å². The summed E-state index contributed by atoms with van der Waals surface area (Å²) >= 11 is 1.54. The molecule has 0 aromatic carbocycles. The van der Waals surface area contributed by atoms with Gasteiger partial charge in [-0.2, -0.15) is 0 Å². The van der Waals surface area contributed by atoms with E-state index in [0.29, 0.717) is 6.42 Å². The monoisotopic (exact) mass is 298 g/mol. The number of nitrogens with zero attached hydrogens (tertiary/aromatic N) is 2. The molecule has 2 rings (SSSR count). The lowest BCUT2D eigenvalue weighted by Crippen LogP contribution is -2.27. The molecule has 0 spiro atoms. The highest BCUT2D eigenvalue weighted by Crippen LogP contribution is 2.15. The highest BCUT2D eigenvalue weighted by molar-refractivity contribution is 7.89. The van der Waals surface area contributed by atoms with Crippen LogP contribution in [-0.4, -0.2) is 24.9 Å². The molecule has 0 amide bonds. The van der Waals surface area contributed by atoms with Crippen LogP contribution in [0.15, 0.2) is 28.7 Å². The van der Waals surface area contributed by atoms with Crippen LogP contribution in [0.25, 0.3) is 0 Å². The molecule has 3 N–H and O–H groups in total. The predicted octanol–water partition coefficient (Wildman–Crippen LogP) is 0.950. The van der Waals surface area contributed by atoms with Crippen molar-refractivity contribution < 1.29 is 8.42 Å². The van der Waals surface area contributed by atoms with Crippen molar-refractivity contribution >= 4 is 27.0 Å². The number of pyridine rings is 1. The lowest BCUT2D eigenvalue weighted by Gasteiger charge is -2.07. The van der Waals surface area contributed by atoms with Crippen LogP contribution in [0.4, 0.5) is 5.69 Å². The van der Waals surface area contributed by atoms with Crippen molar-refractivity contribution in [1.29, 1.82) is 0 Å². The number of aryl methyl sites for hydroxylation is 1. The van der Waals surface area contributed by atoms with Crippen molar-refractivity contribution in [1.82, 2.24) is 14.7 Å². The van der Waals surface area contributed by atoms with E-state index in [-0.39, 0.29) is 17.1 Å². The summed E-state index contributed by atoms with van der Waals surface area (Å²) in [6.07, 6.45) is 3.24. The van der Waals surface area contributed by atoms with Gasteiger partial charge in [-0.25, -0.2) is 18.1 Å². The smallest absolute Gasteiger partial charge is 0.244 e. The third-order valence-corrected chi connectivity index (χ3v) is 4.77. The second-order valence-corrected chi connectivity index (χ2v) is 6.72. The van der Waals surface area contributed by atoms with Crippen LogP contribution >= 0.6 is 11.3 Å². The minimum atomic E-state index is -3.62. The Labute approximate surface area is 115 Å². The molecule has 2 heterocycles. The maximum atomic E-state index is 12.0. The van der Waals surface area contributed by atoms with Gasteiger partial charge in [0.2, 0.25) is 10.0 Å². The van der Waals surface area contributed by atoms with E-state index in [9.17, 15) is 8.42 Å². The Hall–Kier alpha value is -1.51. The molecule has 8 heteroatoms. The lowest BCUT2D eigenvalue weighted by atomic mass is 10.3. The quantitative estimate of drug-likeness (QED) is 0.856. The maximum absolute atomic E-state index is 12.0. The topological polar surface area (TPSA) is 98.0 Å². The number of sulfonamides is 1. The molecule has 102 valence electrons. The van der Waals surface area contributed by atoms with E-state index < -0.39 is 10.0 Å². The number of thiazole rings is 1. The van der Waals surface area contributed by atoms with Crippen molar-refractivity contribution in [3.8, 4) is 0 Å². The first-order valence-electron chi connectivity index (χ1n) is 5.59. The van der Waals surface area contributed by atoms with Crippen LogP contribution in [-0.2, 0) is 16.4 Å². The first-order valence-corrected chi connectivity index (χ1v) is 7.95. The molecule has 0 saturated carbocycles. The van der Waals surface area contributed by atoms with Gasteiger partial charge in [0.05, 0.1) is 16.4 Å². The Bertz CT molecular complexity index is 667. The number of hydrogen-bond donors (Lipinski definition) is 2. The average molecular weight is 298 g/mol. The van der Waals surface area contributed by atoms with Crippen LogP contribution in [0, 0.1) is 6.92 Å². The van der Waals surface area contributed by atoms with Gasteiger partial charge in [0.1, 0.15) is 4.90 Å². The Morgan fingerprint density at radius 3 is 2.89 bits per heavy atom. The van der Waals surface area contributed by atoms with Crippen molar-refractivity contribution in [2.24, 2.45) is 0 Å². The van der Waals surface area contributed by atoms with Gasteiger partial charge >= 0.3 is 0 Å². The minimum Gasteiger partial charge on any atom is -0.398 e. The van der Waals surface area contributed by atoms with E-state index in [1.54, 1.807) is 11.3 Å². The lowest BCUT2D eigenvalue weighted by molar-refractivity contribution is 0.581. The standard InChI is InChI=1S/C11H14N4O2S2/c1-8-15-9(7-18-8)2-5-14-19(16,17)11-6-13-4-3-10(11)12/h3-4,6-7,14H,2,5H2,1H3,(H2,12,13). The Kier molecular flexibility index (Phi) is 4.13. The first-order chi connectivity index (χ1) is 8.99. The molecule has 0 saturated heterocycles. The predicted molar refractivity (Wildman–Crippen MR) is 74.4 cm³/mol. The second kappa shape index (κ2) is 5.64. The van der Waals surface area contributed by atoms with Gasteiger partial charge in [0.25, 0.3) is 0 Å². The molecule has 0 aliphatic carbocycles. The minimum absolute atomic E-state index is 0.00413. The van der Waals surface area contributed by atoms with Gasteiger partial charge in [-0.1, -0.05) is 0 Å². The van der Waals surface area contributed by atoms with E-state index in [1.807, 2.05) is 12.3 Å². The van der Waals surface area contributed by atoms with Gasteiger partial charge in [-0.15, -0.1) is 11.3 Å². The zero-order chi connectivity index (χ0) is 13.9. The summed E-state index contributed by atoms with van der Waals surface area (Å²) in [7, 11) is -3.62. The summed E-state index contributed by atoms with van der Waals surface area (Å²) in [5, 5.41) is 2.89. The molecule has 0 aliphatic rings. The van der Waals surface area contributed by atoms with Crippen LogP contribution < -0.4 is 10.5 Å². The second-order valence-electron chi connectivity index (χ2n) is 3.92. The Balaban J connectivity index is 2.01. The molecule has 0 bridgehead atoms. The molecule has 2 aromatic rings. The molecule has 0 radical (unpaired) electrons. The first kappa shape index (κ1) is 13.9. The summed E-state index contributed by atoms with van der Waals surface area (Å²) in [5.41, 5.74) is 6.69. The zero-order valence-corrected chi connectivity index (χ0v) is 12.0. The van der Waals surface area contributed by atoms with Crippen molar-refractivity contribution in [3.63, 3.8) is 0 Å². The van der Waals surface area contributed by atoms with Crippen molar-refractivity contribution in [2.75, 3.05) is 12.3 Å². The van der Waals surface area contributed by atoms with E-state index in [4.69, 9.17) is 5.73 Å². The van der Waals surface area contributed by atoms with Gasteiger partial charge < -0.3 is 5.73 Å². The van der Waals surface area contributed by atoms with E-state index >= 15 is 0 Å². The van der Waals surface area contributed by atoms with Crippen LogP contribution in [0.1, 0.15) is 10.7 Å². The summed E-state index contributed by atoms with van der Waals surface area (Å²) in [6.45, 7) is 2.19. The fraction of sp³-hybridized carbons (Fsp3) is 0.273.